The first-order valence-corrected chi connectivity index (χ1v) is 13.4. The van der Waals surface area contributed by atoms with E-state index in [1.54, 1.807) is 12.1 Å². The number of aromatic nitrogens is 4. The number of piperidine rings is 1. The molecule has 202 valence electrons. The van der Waals surface area contributed by atoms with Gasteiger partial charge in [0.15, 0.2) is 5.82 Å². The highest BCUT2D eigenvalue weighted by Crippen LogP contribution is 2.46. The quantitative estimate of drug-likeness (QED) is 0.360. The Balaban J connectivity index is 1.22. The molecule has 3 N–H and O–H groups in total. The van der Waals surface area contributed by atoms with Crippen molar-refractivity contribution in [3.63, 3.8) is 0 Å². The first-order valence-electron chi connectivity index (χ1n) is 13.0. The molecule has 1 aromatic carbocycles. The van der Waals surface area contributed by atoms with E-state index in [1.807, 2.05) is 0 Å². The Hall–Kier alpha value is -3.71. The highest BCUT2D eigenvalue weighted by molar-refractivity contribution is 6.36. The molecule has 3 aromatic rings. The monoisotopic (exact) mass is 550 g/mol. The summed E-state index contributed by atoms with van der Waals surface area (Å²) in [5, 5.41) is 30.8. The van der Waals surface area contributed by atoms with E-state index >= 15 is 0 Å². The third-order valence-corrected chi connectivity index (χ3v) is 8.16. The third-order valence-electron chi connectivity index (χ3n) is 7.76. The Morgan fingerprint density at radius 1 is 1.31 bits per heavy atom. The second kappa shape index (κ2) is 10.1. The molecule has 11 nitrogen and oxygen atoms in total. The Labute approximate surface area is 230 Å². The summed E-state index contributed by atoms with van der Waals surface area (Å²) in [6.45, 7) is 10.4. The number of anilines is 4. The van der Waals surface area contributed by atoms with Gasteiger partial charge in [-0.25, -0.2) is 9.37 Å². The van der Waals surface area contributed by atoms with Crippen LogP contribution in [0.1, 0.15) is 31.2 Å². The van der Waals surface area contributed by atoms with Crippen LogP contribution in [-0.4, -0.2) is 81.1 Å². The first kappa shape index (κ1) is 25.6. The topological polar surface area (TPSA) is 122 Å². The average Bonchev–Trinajstić information content (AvgIpc) is 3.64. The predicted molar refractivity (Wildman–Crippen MR) is 145 cm³/mol. The van der Waals surface area contributed by atoms with E-state index in [1.165, 1.54) is 10.7 Å². The van der Waals surface area contributed by atoms with E-state index in [0.717, 1.165) is 57.5 Å². The summed E-state index contributed by atoms with van der Waals surface area (Å²) in [4.78, 5) is 16.7. The Morgan fingerprint density at radius 2 is 2.08 bits per heavy atom. The molecule has 0 bridgehead atoms. The second-order valence-corrected chi connectivity index (χ2v) is 11.1. The number of halogens is 2. The van der Waals surface area contributed by atoms with E-state index in [-0.39, 0.29) is 17.2 Å². The fourth-order valence-corrected chi connectivity index (χ4v) is 5.71. The predicted octanol–water partition coefficient (Wildman–Crippen LogP) is 3.75. The van der Waals surface area contributed by atoms with Crippen LogP contribution in [0.15, 0.2) is 18.3 Å². The maximum atomic E-state index is 12.7. The van der Waals surface area contributed by atoms with Crippen molar-refractivity contribution in [1.29, 1.82) is 5.26 Å². The van der Waals surface area contributed by atoms with E-state index in [4.69, 9.17) is 18.2 Å². The van der Waals surface area contributed by atoms with Gasteiger partial charge in [-0.1, -0.05) is 23.3 Å². The highest BCUT2D eigenvalue weighted by atomic mass is 35.5. The summed E-state index contributed by atoms with van der Waals surface area (Å²) in [6.07, 6.45) is 4.55. The Kier molecular flexibility index (Phi) is 6.63. The summed E-state index contributed by atoms with van der Waals surface area (Å²) < 4.78 is 14.1. The van der Waals surface area contributed by atoms with Crippen LogP contribution in [0.4, 0.5) is 33.3 Å². The van der Waals surface area contributed by atoms with Gasteiger partial charge in [-0.15, -0.1) is 4.52 Å². The number of hydrogen-bond donors (Lipinski definition) is 3. The Morgan fingerprint density at radius 3 is 2.74 bits per heavy atom. The number of imidazole rings is 1. The lowest BCUT2D eigenvalue weighted by molar-refractivity contribution is 0.0356. The number of likely N-dealkylation sites (tertiary alicyclic amines) is 1. The average molecular weight is 551 g/mol. The highest BCUT2D eigenvalue weighted by Gasteiger charge is 2.45. The van der Waals surface area contributed by atoms with E-state index < -0.39 is 12.8 Å². The van der Waals surface area contributed by atoms with Crippen molar-refractivity contribution in [2.24, 2.45) is 5.41 Å². The molecule has 3 aliphatic rings. The molecule has 4 heterocycles. The van der Waals surface area contributed by atoms with Crippen LogP contribution < -0.4 is 15.5 Å². The minimum atomic E-state index is -0.928. The smallest absolute Gasteiger partial charge is 0.275 e. The molecule has 1 saturated carbocycles. The summed E-state index contributed by atoms with van der Waals surface area (Å²) >= 11 is 6.88. The van der Waals surface area contributed by atoms with E-state index in [2.05, 4.69) is 46.4 Å². The molecule has 2 saturated heterocycles. The number of benzene rings is 1. The van der Waals surface area contributed by atoms with Crippen LogP contribution in [0, 0.1) is 23.3 Å². The van der Waals surface area contributed by atoms with Gasteiger partial charge in [-0.05, 0) is 50.9 Å². The van der Waals surface area contributed by atoms with E-state index in [0.29, 0.717) is 40.3 Å². The van der Waals surface area contributed by atoms with Crippen molar-refractivity contribution in [3.8, 4) is 6.07 Å². The zero-order valence-electron chi connectivity index (χ0n) is 21.2. The normalized spacial score (nSPS) is 19.4. The molecule has 0 radical (unpaired) electrons. The van der Waals surface area contributed by atoms with Crippen molar-refractivity contribution in [2.45, 2.75) is 37.8 Å². The van der Waals surface area contributed by atoms with Crippen LogP contribution in [0.25, 0.3) is 10.5 Å². The summed E-state index contributed by atoms with van der Waals surface area (Å²) in [5.74, 6) is 1.04. The number of aliphatic hydroxyl groups is 1. The SMILES string of the molecule is [C-]#[N+]c1cnc2c(NC3CC3)nc(Nc3cc(C#N)cc(N4CC5(CCN(CC(O)CF)CC5)C4)c3Cl)nn12. The lowest BCUT2D eigenvalue weighted by Crippen LogP contribution is -2.61. The van der Waals surface area contributed by atoms with Gasteiger partial charge in [0.2, 0.25) is 0 Å². The maximum Gasteiger partial charge on any atom is 0.275 e. The standard InChI is InChI=1S/C26H28ClFN10O/c1-30-21-12-31-24-23(32-17-2-3-17)34-25(35-38(21)24)33-19-8-16(11-29)9-20(22(19)27)37-14-26(15-37)4-6-36(7-5-26)13-18(39)10-28/h8-9,12,17-18,39H,2-7,10,13-15H2,(H2,32,33,34,35). The number of β-amino-alcohol motifs (C(OH)–C–C–N with tert-alkyl or cyclic N) is 1. The van der Waals surface area contributed by atoms with Crippen molar-refractivity contribution < 1.29 is 9.50 Å². The van der Waals surface area contributed by atoms with Gasteiger partial charge < -0.3 is 30.4 Å². The molecule has 2 aromatic heterocycles. The molecule has 3 fully saturated rings. The lowest BCUT2D eigenvalue weighted by atomic mass is 9.71. The molecule has 1 spiro atoms. The molecule has 2 aliphatic heterocycles. The van der Waals surface area contributed by atoms with Crippen molar-refractivity contribution >= 4 is 46.2 Å². The van der Waals surface area contributed by atoms with Gasteiger partial charge >= 0.3 is 0 Å². The number of hydrogen-bond acceptors (Lipinski definition) is 9. The summed E-state index contributed by atoms with van der Waals surface area (Å²) in [7, 11) is 0. The molecular weight excluding hydrogens is 523 g/mol. The number of rotatable bonds is 8. The van der Waals surface area contributed by atoms with Crippen LogP contribution in [0.2, 0.25) is 5.02 Å². The lowest BCUT2D eigenvalue weighted by Gasteiger charge is -2.55. The number of nitriles is 1. The Bertz CT molecular complexity index is 1480. The fourth-order valence-electron chi connectivity index (χ4n) is 5.44. The largest absolute Gasteiger partial charge is 0.389 e. The van der Waals surface area contributed by atoms with Crippen LogP contribution in [0.5, 0.6) is 0 Å². The molecule has 39 heavy (non-hydrogen) atoms. The minimum absolute atomic E-state index is 0.145. The van der Waals surface area contributed by atoms with Crippen LogP contribution in [-0.2, 0) is 0 Å². The van der Waals surface area contributed by atoms with Gasteiger partial charge in [-0.2, -0.15) is 10.2 Å². The maximum absolute atomic E-state index is 12.7. The zero-order valence-corrected chi connectivity index (χ0v) is 22.0. The minimum Gasteiger partial charge on any atom is -0.389 e. The van der Waals surface area contributed by atoms with Gasteiger partial charge in [0.1, 0.15) is 6.67 Å². The number of aliphatic hydroxyl groups excluding tert-OH is 1. The fraction of sp³-hybridized carbons (Fsp3) is 0.500. The molecule has 0 amide bonds. The molecule has 1 unspecified atom stereocenters. The van der Waals surface area contributed by atoms with E-state index in [9.17, 15) is 14.8 Å². The zero-order chi connectivity index (χ0) is 27.1. The molecule has 1 aliphatic carbocycles. The second-order valence-electron chi connectivity index (χ2n) is 10.7. The van der Waals surface area contributed by atoms with Gasteiger partial charge in [0, 0.05) is 31.1 Å². The molecule has 1 atom stereocenters. The van der Waals surface area contributed by atoms with Crippen molar-refractivity contribution in [3.05, 3.63) is 40.3 Å². The number of nitrogens with one attached hydrogen (secondary N) is 2. The number of nitrogens with zero attached hydrogens (tertiary/aromatic N) is 8. The van der Waals surface area contributed by atoms with Gasteiger partial charge in [-0.3, -0.25) is 0 Å². The van der Waals surface area contributed by atoms with Crippen molar-refractivity contribution in [2.75, 3.05) is 54.9 Å². The number of alkyl halides is 1. The number of fused-ring (bicyclic) bond motifs is 1. The molecular formula is C26H28ClFN10O. The van der Waals surface area contributed by atoms with Crippen molar-refractivity contribution in [1.82, 2.24) is 24.5 Å². The first-order chi connectivity index (χ1) is 18.9. The van der Waals surface area contributed by atoms with Crippen LogP contribution in [0.3, 0.4) is 0 Å². The van der Waals surface area contributed by atoms with Gasteiger partial charge in [0.05, 0.1) is 40.3 Å². The summed E-state index contributed by atoms with van der Waals surface area (Å²) in [5.41, 5.74) is 2.34. The third kappa shape index (κ3) is 5.03. The van der Waals surface area contributed by atoms with Crippen LogP contribution >= 0.6 is 11.6 Å². The molecule has 13 heteroatoms. The van der Waals surface area contributed by atoms with Gasteiger partial charge in [0.25, 0.3) is 17.4 Å². The molecule has 6 rings (SSSR count). The summed E-state index contributed by atoms with van der Waals surface area (Å²) in [6, 6.07) is 6.00.